The number of likely N-dealkylation sites (N-methyl/N-ethyl adjacent to an activating group) is 1. The summed E-state index contributed by atoms with van der Waals surface area (Å²) in [6.45, 7) is 2.66. The number of halogens is 1. The highest BCUT2D eigenvalue weighted by atomic mass is 35.5. The van der Waals surface area contributed by atoms with Gasteiger partial charge in [0.2, 0.25) is 5.91 Å². The van der Waals surface area contributed by atoms with Crippen LogP contribution >= 0.6 is 11.6 Å². The molecule has 0 aliphatic heterocycles. The van der Waals surface area contributed by atoms with Crippen molar-refractivity contribution in [2.75, 3.05) is 26.7 Å². The van der Waals surface area contributed by atoms with Gasteiger partial charge in [0.05, 0.1) is 13.1 Å². The van der Waals surface area contributed by atoms with E-state index in [1.54, 1.807) is 31.3 Å². The van der Waals surface area contributed by atoms with E-state index in [1.165, 1.54) is 4.90 Å². The molecule has 128 valence electrons. The molecule has 1 amide bonds. The average molecular weight is 343 g/mol. The first-order chi connectivity index (χ1) is 10.9. The van der Waals surface area contributed by atoms with Gasteiger partial charge in [-0.1, -0.05) is 24.9 Å². The second-order valence-corrected chi connectivity index (χ2v) is 5.61. The first-order valence-electron chi connectivity index (χ1n) is 7.52. The quantitative estimate of drug-likeness (QED) is 0.680. The molecule has 7 heteroatoms. The van der Waals surface area contributed by atoms with Crippen molar-refractivity contribution in [3.8, 4) is 5.75 Å². The summed E-state index contributed by atoms with van der Waals surface area (Å²) in [5.74, 6) is -0.428. The largest absolute Gasteiger partial charge is 0.492 e. The van der Waals surface area contributed by atoms with E-state index < -0.39 is 12.0 Å². The summed E-state index contributed by atoms with van der Waals surface area (Å²) in [6.07, 6.45) is 1.23. The van der Waals surface area contributed by atoms with Crippen molar-refractivity contribution in [2.45, 2.75) is 25.8 Å². The lowest BCUT2D eigenvalue weighted by Crippen LogP contribution is -2.44. The van der Waals surface area contributed by atoms with Crippen molar-refractivity contribution in [1.82, 2.24) is 10.2 Å². The molecule has 0 spiro atoms. The van der Waals surface area contributed by atoms with E-state index in [4.69, 9.17) is 21.4 Å². The third kappa shape index (κ3) is 7.34. The number of carboxylic acid groups (broad SMARTS) is 1. The molecule has 0 heterocycles. The first-order valence-corrected chi connectivity index (χ1v) is 7.90. The maximum absolute atomic E-state index is 12.0. The zero-order chi connectivity index (χ0) is 17.2. The molecule has 1 unspecified atom stereocenters. The minimum atomic E-state index is -0.937. The van der Waals surface area contributed by atoms with Crippen LogP contribution in [0.3, 0.4) is 0 Å². The van der Waals surface area contributed by atoms with E-state index in [-0.39, 0.29) is 12.5 Å². The average Bonchev–Trinajstić information content (AvgIpc) is 2.52. The molecule has 1 aromatic rings. The zero-order valence-electron chi connectivity index (χ0n) is 13.4. The Labute approximate surface area is 141 Å². The van der Waals surface area contributed by atoms with Crippen molar-refractivity contribution < 1.29 is 19.4 Å². The van der Waals surface area contributed by atoms with Gasteiger partial charge in [0, 0.05) is 12.1 Å². The van der Waals surface area contributed by atoms with Crippen LogP contribution in [0.2, 0.25) is 5.02 Å². The molecule has 2 N–H and O–H groups in total. The molecule has 1 atom stereocenters. The zero-order valence-corrected chi connectivity index (χ0v) is 14.2. The van der Waals surface area contributed by atoms with Crippen LogP contribution in [0.1, 0.15) is 19.8 Å². The number of ether oxygens (including phenoxy) is 1. The highest BCUT2D eigenvalue weighted by molar-refractivity contribution is 6.30. The number of carbonyl (C=O) groups is 2. The molecule has 0 aromatic heterocycles. The van der Waals surface area contributed by atoms with Crippen molar-refractivity contribution in [3.05, 3.63) is 29.3 Å². The van der Waals surface area contributed by atoms with Crippen molar-refractivity contribution in [1.29, 1.82) is 0 Å². The Hall–Kier alpha value is -1.79. The smallest absolute Gasteiger partial charge is 0.320 e. The van der Waals surface area contributed by atoms with Crippen LogP contribution in [0, 0.1) is 0 Å². The number of amides is 1. The Morgan fingerprint density at radius 3 is 2.57 bits per heavy atom. The Bertz CT molecular complexity index is 507. The minimum absolute atomic E-state index is 0.00554. The SMILES string of the molecule is CCCC(NCC(=O)N(C)CCOc1ccc(Cl)cc1)C(=O)O. The van der Waals surface area contributed by atoms with Gasteiger partial charge in [-0.25, -0.2) is 0 Å². The van der Waals surface area contributed by atoms with Gasteiger partial charge in [-0.05, 0) is 30.7 Å². The maximum Gasteiger partial charge on any atom is 0.320 e. The minimum Gasteiger partial charge on any atom is -0.492 e. The summed E-state index contributed by atoms with van der Waals surface area (Å²) in [6, 6.07) is 6.29. The van der Waals surface area contributed by atoms with Crippen LogP contribution < -0.4 is 10.1 Å². The molecular formula is C16H23ClN2O4. The van der Waals surface area contributed by atoms with Gasteiger partial charge < -0.3 is 14.7 Å². The number of benzene rings is 1. The summed E-state index contributed by atoms with van der Waals surface area (Å²) in [5, 5.41) is 12.4. The monoisotopic (exact) mass is 342 g/mol. The van der Waals surface area contributed by atoms with Crippen molar-refractivity contribution >= 4 is 23.5 Å². The fraction of sp³-hybridized carbons (Fsp3) is 0.500. The standard InChI is InChI=1S/C16H23ClN2O4/c1-3-4-14(16(21)22)18-11-15(20)19(2)9-10-23-13-7-5-12(17)6-8-13/h5-8,14,18H,3-4,9-11H2,1-2H3,(H,21,22). The molecule has 0 saturated heterocycles. The second-order valence-electron chi connectivity index (χ2n) is 5.18. The number of carbonyl (C=O) groups excluding carboxylic acids is 1. The first kappa shape index (κ1) is 19.3. The van der Waals surface area contributed by atoms with Gasteiger partial charge in [-0.2, -0.15) is 0 Å². The van der Waals surface area contributed by atoms with Crippen LogP contribution in [0.5, 0.6) is 5.75 Å². The molecule has 0 fully saturated rings. The third-order valence-corrected chi connectivity index (χ3v) is 3.56. The summed E-state index contributed by atoms with van der Waals surface area (Å²) >= 11 is 5.79. The predicted octanol–water partition coefficient (Wildman–Crippen LogP) is 2.02. The van der Waals surface area contributed by atoms with E-state index in [0.717, 1.165) is 6.42 Å². The highest BCUT2D eigenvalue weighted by Crippen LogP contribution is 2.15. The number of nitrogens with one attached hydrogen (secondary N) is 1. The van der Waals surface area contributed by atoms with Crippen LogP contribution in [-0.4, -0.2) is 54.7 Å². The maximum atomic E-state index is 12.0. The number of carboxylic acids is 1. The molecule has 0 aliphatic carbocycles. The number of rotatable bonds is 10. The third-order valence-electron chi connectivity index (χ3n) is 3.31. The molecule has 0 aliphatic rings. The Balaban J connectivity index is 2.30. The Morgan fingerprint density at radius 2 is 2.00 bits per heavy atom. The molecule has 0 bridgehead atoms. The fourth-order valence-electron chi connectivity index (χ4n) is 1.90. The van der Waals surface area contributed by atoms with Gasteiger partial charge in [0.25, 0.3) is 0 Å². The van der Waals surface area contributed by atoms with Gasteiger partial charge in [0.15, 0.2) is 0 Å². The lowest BCUT2D eigenvalue weighted by atomic mass is 10.2. The van der Waals surface area contributed by atoms with Gasteiger partial charge >= 0.3 is 5.97 Å². The van der Waals surface area contributed by atoms with Gasteiger partial charge in [-0.3, -0.25) is 14.9 Å². The van der Waals surface area contributed by atoms with Crippen LogP contribution in [0.25, 0.3) is 0 Å². The number of nitrogens with zero attached hydrogens (tertiary/aromatic N) is 1. The van der Waals surface area contributed by atoms with Crippen LogP contribution in [-0.2, 0) is 9.59 Å². The number of hydrogen-bond acceptors (Lipinski definition) is 4. The Morgan fingerprint density at radius 1 is 1.35 bits per heavy atom. The molecule has 23 heavy (non-hydrogen) atoms. The normalized spacial score (nSPS) is 11.8. The molecule has 1 aromatic carbocycles. The number of hydrogen-bond donors (Lipinski definition) is 2. The molecule has 1 rings (SSSR count). The Kier molecular flexibility index (Phi) is 8.43. The van der Waals surface area contributed by atoms with E-state index >= 15 is 0 Å². The summed E-state index contributed by atoms with van der Waals surface area (Å²) in [4.78, 5) is 24.5. The lowest BCUT2D eigenvalue weighted by molar-refractivity contribution is -0.140. The predicted molar refractivity (Wildman–Crippen MR) is 88.9 cm³/mol. The van der Waals surface area contributed by atoms with E-state index in [1.807, 2.05) is 6.92 Å². The molecule has 0 radical (unpaired) electrons. The second kappa shape index (κ2) is 10.1. The molecule has 6 nitrogen and oxygen atoms in total. The van der Waals surface area contributed by atoms with E-state index in [2.05, 4.69) is 5.32 Å². The van der Waals surface area contributed by atoms with Gasteiger partial charge in [0.1, 0.15) is 18.4 Å². The van der Waals surface area contributed by atoms with E-state index in [9.17, 15) is 9.59 Å². The summed E-state index contributed by atoms with van der Waals surface area (Å²) in [5.41, 5.74) is 0. The van der Waals surface area contributed by atoms with E-state index in [0.29, 0.717) is 30.3 Å². The summed E-state index contributed by atoms with van der Waals surface area (Å²) in [7, 11) is 1.66. The molecular weight excluding hydrogens is 320 g/mol. The lowest BCUT2D eigenvalue weighted by Gasteiger charge is -2.19. The van der Waals surface area contributed by atoms with Crippen LogP contribution in [0.4, 0.5) is 0 Å². The topological polar surface area (TPSA) is 78.9 Å². The molecule has 0 saturated carbocycles. The fourth-order valence-corrected chi connectivity index (χ4v) is 2.03. The summed E-state index contributed by atoms with van der Waals surface area (Å²) < 4.78 is 5.52. The van der Waals surface area contributed by atoms with Crippen molar-refractivity contribution in [2.24, 2.45) is 0 Å². The van der Waals surface area contributed by atoms with Gasteiger partial charge in [-0.15, -0.1) is 0 Å². The number of aliphatic carboxylic acids is 1. The van der Waals surface area contributed by atoms with Crippen molar-refractivity contribution in [3.63, 3.8) is 0 Å². The van der Waals surface area contributed by atoms with Crippen LogP contribution in [0.15, 0.2) is 24.3 Å². The highest BCUT2D eigenvalue weighted by Gasteiger charge is 2.18.